The number of halogens is 1. The predicted molar refractivity (Wildman–Crippen MR) is 67.8 cm³/mol. The van der Waals surface area contributed by atoms with Gasteiger partial charge in [0.1, 0.15) is 0 Å². The van der Waals surface area contributed by atoms with Crippen molar-refractivity contribution in [2.75, 3.05) is 0 Å². The molecule has 1 heterocycles. The van der Waals surface area contributed by atoms with Crippen molar-refractivity contribution in [3.8, 4) is 0 Å². The highest BCUT2D eigenvalue weighted by Gasteiger charge is 2.28. The fourth-order valence-electron chi connectivity index (χ4n) is 1.82. The van der Waals surface area contributed by atoms with E-state index < -0.39 is 0 Å². The lowest BCUT2D eigenvalue weighted by atomic mass is 10.1. The Kier molecular flexibility index (Phi) is 2.97. The van der Waals surface area contributed by atoms with E-state index in [0.29, 0.717) is 5.92 Å². The summed E-state index contributed by atoms with van der Waals surface area (Å²) in [5, 5.41) is 4.02. The van der Waals surface area contributed by atoms with Crippen LogP contribution in [0.2, 0.25) is 0 Å². The summed E-state index contributed by atoms with van der Waals surface area (Å²) >= 11 is 3.54. The van der Waals surface area contributed by atoms with E-state index in [-0.39, 0.29) is 0 Å². The molecule has 0 bridgehead atoms. The molecule has 0 unspecified atom stereocenters. The van der Waals surface area contributed by atoms with Crippen molar-refractivity contribution in [3.05, 3.63) is 46.0 Å². The van der Waals surface area contributed by atoms with Crippen LogP contribution in [0.4, 0.5) is 0 Å². The highest BCUT2D eigenvalue weighted by Crippen LogP contribution is 2.38. The molecule has 0 spiro atoms. The minimum atomic E-state index is 0.566. The fraction of sp³-hybridized carbons (Fsp3) is 0.385. The van der Waals surface area contributed by atoms with Crippen LogP contribution in [-0.2, 0) is 12.8 Å². The molecule has 0 amide bonds. The second kappa shape index (κ2) is 4.61. The molecule has 0 radical (unpaired) electrons. The van der Waals surface area contributed by atoms with Crippen molar-refractivity contribution in [1.29, 1.82) is 0 Å². The van der Waals surface area contributed by atoms with Crippen LogP contribution in [0.25, 0.3) is 0 Å². The van der Waals surface area contributed by atoms with Crippen molar-refractivity contribution in [2.45, 2.75) is 31.6 Å². The molecule has 3 nitrogen and oxygen atoms in total. The first-order valence-corrected chi connectivity index (χ1v) is 6.68. The van der Waals surface area contributed by atoms with Gasteiger partial charge < -0.3 is 4.52 Å². The third kappa shape index (κ3) is 2.57. The molecule has 0 N–H and O–H groups in total. The number of aromatic nitrogens is 2. The molecule has 2 aromatic rings. The van der Waals surface area contributed by atoms with Crippen LogP contribution in [0.15, 0.2) is 33.3 Å². The number of benzene rings is 1. The maximum Gasteiger partial charge on any atom is 0.226 e. The third-order valence-corrected chi connectivity index (χ3v) is 3.77. The first kappa shape index (κ1) is 11.0. The minimum absolute atomic E-state index is 0.566. The Balaban J connectivity index is 1.65. The molecule has 3 rings (SSSR count). The van der Waals surface area contributed by atoms with Crippen molar-refractivity contribution in [2.24, 2.45) is 0 Å². The van der Waals surface area contributed by atoms with E-state index in [4.69, 9.17) is 4.52 Å². The minimum Gasteiger partial charge on any atom is -0.339 e. The third-order valence-electron chi connectivity index (χ3n) is 2.99. The molecule has 1 aliphatic carbocycles. The van der Waals surface area contributed by atoms with Gasteiger partial charge in [0.2, 0.25) is 5.89 Å². The van der Waals surface area contributed by atoms with E-state index in [1.54, 1.807) is 0 Å². The van der Waals surface area contributed by atoms with Gasteiger partial charge in [0, 0.05) is 16.8 Å². The zero-order valence-corrected chi connectivity index (χ0v) is 11.0. The molecule has 0 saturated heterocycles. The van der Waals surface area contributed by atoms with Crippen LogP contribution in [0.3, 0.4) is 0 Å². The quantitative estimate of drug-likeness (QED) is 0.866. The van der Waals surface area contributed by atoms with E-state index >= 15 is 0 Å². The summed E-state index contributed by atoms with van der Waals surface area (Å²) in [4.78, 5) is 4.42. The average Bonchev–Trinajstić information content (AvgIpc) is 3.08. The van der Waals surface area contributed by atoms with E-state index in [1.807, 2.05) is 12.1 Å². The van der Waals surface area contributed by atoms with Crippen LogP contribution in [0, 0.1) is 0 Å². The molecular formula is C13H13BrN2O. The summed E-state index contributed by atoms with van der Waals surface area (Å²) in [5.74, 6) is 2.21. The number of aryl methyl sites for hydroxylation is 2. The van der Waals surface area contributed by atoms with E-state index in [9.17, 15) is 0 Å². The second-order valence-corrected chi connectivity index (χ2v) is 5.27. The summed E-state index contributed by atoms with van der Waals surface area (Å²) < 4.78 is 6.39. The number of rotatable bonds is 4. The Hall–Kier alpha value is -1.16. The van der Waals surface area contributed by atoms with Crippen LogP contribution in [0.1, 0.15) is 36.0 Å². The van der Waals surface area contributed by atoms with Crippen molar-refractivity contribution in [3.63, 3.8) is 0 Å². The SMILES string of the molecule is Brc1ccccc1CCc1nc(C2CC2)no1. The first-order chi connectivity index (χ1) is 8.33. The summed E-state index contributed by atoms with van der Waals surface area (Å²) in [7, 11) is 0. The smallest absolute Gasteiger partial charge is 0.226 e. The highest BCUT2D eigenvalue weighted by atomic mass is 79.9. The van der Waals surface area contributed by atoms with Gasteiger partial charge in [-0.25, -0.2) is 0 Å². The highest BCUT2D eigenvalue weighted by molar-refractivity contribution is 9.10. The fourth-order valence-corrected chi connectivity index (χ4v) is 2.30. The monoisotopic (exact) mass is 292 g/mol. The summed E-state index contributed by atoms with van der Waals surface area (Å²) in [6.45, 7) is 0. The lowest BCUT2D eigenvalue weighted by molar-refractivity contribution is 0.373. The Labute approximate surface area is 108 Å². The average molecular weight is 293 g/mol. The molecule has 1 aromatic heterocycles. The van der Waals surface area contributed by atoms with Gasteiger partial charge in [0.25, 0.3) is 0 Å². The molecule has 1 fully saturated rings. The maximum atomic E-state index is 5.25. The van der Waals surface area contributed by atoms with Gasteiger partial charge in [0.15, 0.2) is 5.82 Å². The number of hydrogen-bond acceptors (Lipinski definition) is 3. The zero-order valence-electron chi connectivity index (χ0n) is 9.40. The topological polar surface area (TPSA) is 38.9 Å². The molecular weight excluding hydrogens is 280 g/mol. The molecule has 17 heavy (non-hydrogen) atoms. The van der Waals surface area contributed by atoms with E-state index in [2.05, 4.69) is 38.2 Å². The van der Waals surface area contributed by atoms with Crippen molar-refractivity contribution in [1.82, 2.24) is 10.1 Å². The maximum absolute atomic E-state index is 5.25. The molecule has 4 heteroatoms. The molecule has 88 valence electrons. The molecule has 1 saturated carbocycles. The first-order valence-electron chi connectivity index (χ1n) is 5.89. The van der Waals surface area contributed by atoms with E-state index in [1.165, 1.54) is 18.4 Å². The lowest BCUT2D eigenvalue weighted by Gasteiger charge is -2.00. The van der Waals surface area contributed by atoms with Crippen LogP contribution in [0.5, 0.6) is 0 Å². The predicted octanol–water partition coefficient (Wildman–Crippen LogP) is 3.49. The van der Waals surface area contributed by atoms with Crippen molar-refractivity contribution < 1.29 is 4.52 Å². The second-order valence-electron chi connectivity index (χ2n) is 4.41. The van der Waals surface area contributed by atoms with Crippen LogP contribution in [-0.4, -0.2) is 10.1 Å². The van der Waals surface area contributed by atoms with Gasteiger partial charge in [-0.1, -0.05) is 39.3 Å². The Morgan fingerprint density at radius 2 is 2.06 bits per heavy atom. The van der Waals surface area contributed by atoms with Crippen LogP contribution < -0.4 is 0 Å². The lowest BCUT2D eigenvalue weighted by Crippen LogP contribution is -1.93. The van der Waals surface area contributed by atoms with Gasteiger partial charge >= 0.3 is 0 Å². The summed E-state index contributed by atoms with van der Waals surface area (Å²) in [5.41, 5.74) is 1.28. The zero-order chi connectivity index (χ0) is 11.7. The van der Waals surface area contributed by atoms with Crippen molar-refractivity contribution >= 4 is 15.9 Å². The molecule has 1 aliphatic rings. The molecule has 1 aromatic carbocycles. The summed E-state index contributed by atoms with van der Waals surface area (Å²) in [6.07, 6.45) is 4.16. The van der Waals surface area contributed by atoms with E-state index in [0.717, 1.165) is 29.0 Å². The van der Waals surface area contributed by atoms with Gasteiger partial charge in [0.05, 0.1) is 0 Å². The number of hydrogen-bond donors (Lipinski definition) is 0. The van der Waals surface area contributed by atoms with Gasteiger partial charge in [-0.2, -0.15) is 4.98 Å². The van der Waals surface area contributed by atoms with Gasteiger partial charge in [-0.15, -0.1) is 0 Å². The normalized spacial score (nSPS) is 15.1. The molecule has 0 aliphatic heterocycles. The largest absolute Gasteiger partial charge is 0.339 e. The number of nitrogens with zero attached hydrogens (tertiary/aromatic N) is 2. The Morgan fingerprint density at radius 1 is 1.24 bits per heavy atom. The Bertz CT molecular complexity index is 520. The Morgan fingerprint density at radius 3 is 2.82 bits per heavy atom. The van der Waals surface area contributed by atoms with Crippen LogP contribution >= 0.6 is 15.9 Å². The standard InChI is InChI=1S/C13H13BrN2O/c14-11-4-2-1-3-9(11)7-8-12-15-13(16-17-12)10-5-6-10/h1-4,10H,5-8H2. The summed E-state index contributed by atoms with van der Waals surface area (Å²) in [6, 6.07) is 8.23. The van der Waals surface area contributed by atoms with Gasteiger partial charge in [-0.3, -0.25) is 0 Å². The molecule has 0 atom stereocenters. The van der Waals surface area contributed by atoms with Gasteiger partial charge in [-0.05, 0) is 30.9 Å².